The number of rotatable bonds is 5. The van der Waals surface area contributed by atoms with Crippen LogP contribution in [0.2, 0.25) is 0 Å². The SMILES string of the molecule is CC(C)C[C@@H](NC(=O)C1(N)CCOCC1)C(=O)O. The van der Waals surface area contributed by atoms with Gasteiger partial charge in [-0.1, -0.05) is 13.8 Å². The Labute approximate surface area is 107 Å². The Hall–Kier alpha value is -1.14. The normalized spacial score (nSPS) is 20.4. The van der Waals surface area contributed by atoms with Crippen LogP contribution in [0.5, 0.6) is 0 Å². The molecule has 0 bridgehead atoms. The molecule has 0 aromatic rings. The van der Waals surface area contributed by atoms with E-state index in [4.69, 9.17) is 15.6 Å². The molecule has 6 nitrogen and oxygen atoms in total. The Balaban J connectivity index is 2.62. The smallest absolute Gasteiger partial charge is 0.326 e. The lowest BCUT2D eigenvalue weighted by Crippen LogP contribution is -2.59. The van der Waals surface area contributed by atoms with Crippen LogP contribution in [-0.4, -0.2) is 41.8 Å². The Morgan fingerprint density at radius 1 is 1.39 bits per heavy atom. The van der Waals surface area contributed by atoms with E-state index in [9.17, 15) is 9.59 Å². The number of carbonyl (C=O) groups excluding carboxylic acids is 1. The van der Waals surface area contributed by atoms with Crippen LogP contribution in [0, 0.1) is 5.92 Å². The zero-order chi connectivity index (χ0) is 13.8. The second-order valence-electron chi connectivity index (χ2n) is 5.26. The summed E-state index contributed by atoms with van der Waals surface area (Å²) in [5.41, 5.74) is 5.00. The van der Waals surface area contributed by atoms with Crippen molar-refractivity contribution in [3.8, 4) is 0 Å². The first-order valence-electron chi connectivity index (χ1n) is 6.25. The fourth-order valence-electron chi connectivity index (χ4n) is 1.96. The fraction of sp³-hybridized carbons (Fsp3) is 0.833. The molecule has 0 aromatic carbocycles. The summed E-state index contributed by atoms with van der Waals surface area (Å²) >= 11 is 0. The van der Waals surface area contributed by atoms with Gasteiger partial charge < -0.3 is 20.9 Å². The second kappa shape index (κ2) is 6.15. The summed E-state index contributed by atoms with van der Waals surface area (Å²) in [4.78, 5) is 23.1. The number of amides is 1. The van der Waals surface area contributed by atoms with Crippen molar-refractivity contribution in [3.63, 3.8) is 0 Å². The lowest BCUT2D eigenvalue weighted by atomic mass is 9.89. The highest BCUT2D eigenvalue weighted by Crippen LogP contribution is 2.18. The molecule has 0 spiro atoms. The van der Waals surface area contributed by atoms with E-state index < -0.39 is 17.6 Å². The second-order valence-corrected chi connectivity index (χ2v) is 5.26. The van der Waals surface area contributed by atoms with Gasteiger partial charge in [0.05, 0.1) is 5.54 Å². The predicted octanol–water partition coefficient (Wildman–Crippen LogP) is 0.110. The molecule has 1 fully saturated rings. The van der Waals surface area contributed by atoms with Gasteiger partial charge in [0.25, 0.3) is 0 Å². The van der Waals surface area contributed by atoms with Gasteiger partial charge in [0.15, 0.2) is 0 Å². The highest BCUT2D eigenvalue weighted by molar-refractivity contribution is 5.90. The minimum atomic E-state index is -1.02. The van der Waals surface area contributed by atoms with Crippen LogP contribution >= 0.6 is 0 Å². The largest absolute Gasteiger partial charge is 0.480 e. The number of ether oxygens (including phenoxy) is 1. The van der Waals surface area contributed by atoms with Crippen LogP contribution in [0.4, 0.5) is 0 Å². The first-order valence-corrected chi connectivity index (χ1v) is 6.25. The van der Waals surface area contributed by atoms with E-state index in [1.165, 1.54) is 0 Å². The first-order chi connectivity index (χ1) is 8.35. The molecular formula is C12H22N2O4. The van der Waals surface area contributed by atoms with Crippen LogP contribution in [0.3, 0.4) is 0 Å². The van der Waals surface area contributed by atoms with Crippen LogP contribution in [0.1, 0.15) is 33.1 Å². The third-order valence-corrected chi connectivity index (χ3v) is 3.15. The van der Waals surface area contributed by atoms with E-state index in [0.717, 1.165) is 0 Å². The van der Waals surface area contributed by atoms with E-state index >= 15 is 0 Å². The van der Waals surface area contributed by atoms with Crippen LogP contribution in [-0.2, 0) is 14.3 Å². The highest BCUT2D eigenvalue weighted by Gasteiger charge is 2.37. The van der Waals surface area contributed by atoms with Crippen molar-refractivity contribution in [2.75, 3.05) is 13.2 Å². The zero-order valence-corrected chi connectivity index (χ0v) is 10.9. The summed E-state index contributed by atoms with van der Waals surface area (Å²) < 4.78 is 5.16. The number of carboxylic acid groups (broad SMARTS) is 1. The van der Waals surface area contributed by atoms with Gasteiger partial charge in [-0.25, -0.2) is 4.79 Å². The Morgan fingerprint density at radius 3 is 2.39 bits per heavy atom. The van der Waals surface area contributed by atoms with Crippen molar-refractivity contribution in [3.05, 3.63) is 0 Å². The van der Waals surface area contributed by atoms with Gasteiger partial charge in [-0.3, -0.25) is 4.79 Å². The molecule has 4 N–H and O–H groups in total. The molecular weight excluding hydrogens is 236 g/mol. The molecule has 0 unspecified atom stereocenters. The molecule has 1 heterocycles. The highest BCUT2D eigenvalue weighted by atomic mass is 16.5. The summed E-state index contributed by atoms with van der Waals surface area (Å²) in [6, 6.07) is -0.874. The van der Waals surface area contributed by atoms with Crippen molar-refractivity contribution in [1.29, 1.82) is 0 Å². The lowest BCUT2D eigenvalue weighted by Gasteiger charge is -2.33. The number of aliphatic carboxylic acids is 1. The minimum absolute atomic E-state index is 0.190. The molecule has 6 heteroatoms. The van der Waals surface area contributed by atoms with Gasteiger partial charge in [0.1, 0.15) is 6.04 Å². The van der Waals surface area contributed by atoms with E-state index in [2.05, 4.69) is 5.32 Å². The summed E-state index contributed by atoms with van der Waals surface area (Å²) in [5.74, 6) is -1.22. The maximum Gasteiger partial charge on any atom is 0.326 e. The average molecular weight is 258 g/mol. The summed E-state index contributed by atoms with van der Waals surface area (Å²) in [7, 11) is 0. The average Bonchev–Trinajstić information content (AvgIpc) is 2.28. The van der Waals surface area contributed by atoms with Gasteiger partial charge in [-0.15, -0.1) is 0 Å². The molecule has 1 aliphatic rings. The van der Waals surface area contributed by atoms with Gasteiger partial charge in [0.2, 0.25) is 5.91 Å². The molecule has 1 atom stereocenters. The quantitative estimate of drug-likeness (QED) is 0.649. The molecule has 0 radical (unpaired) electrons. The van der Waals surface area contributed by atoms with Crippen molar-refractivity contribution >= 4 is 11.9 Å². The Kier molecular flexibility index (Phi) is 5.10. The maximum atomic E-state index is 12.1. The monoisotopic (exact) mass is 258 g/mol. The van der Waals surface area contributed by atoms with E-state index in [1.807, 2.05) is 13.8 Å². The molecule has 1 amide bonds. The lowest BCUT2D eigenvalue weighted by molar-refractivity contribution is -0.144. The number of carbonyl (C=O) groups is 2. The third kappa shape index (κ3) is 3.96. The van der Waals surface area contributed by atoms with Gasteiger partial charge >= 0.3 is 5.97 Å². The third-order valence-electron chi connectivity index (χ3n) is 3.15. The maximum absolute atomic E-state index is 12.1. The van der Waals surface area contributed by atoms with Crippen LogP contribution in [0.15, 0.2) is 0 Å². The van der Waals surface area contributed by atoms with Crippen LogP contribution in [0.25, 0.3) is 0 Å². The molecule has 0 aromatic heterocycles. The summed E-state index contributed by atoms with van der Waals surface area (Å²) in [6.45, 7) is 4.70. The zero-order valence-electron chi connectivity index (χ0n) is 10.9. The number of hydrogen-bond acceptors (Lipinski definition) is 4. The van der Waals surface area contributed by atoms with Crippen molar-refractivity contribution in [2.24, 2.45) is 11.7 Å². The molecule has 1 saturated heterocycles. The standard InChI is InChI=1S/C12H22N2O4/c1-8(2)7-9(10(15)16)14-11(17)12(13)3-5-18-6-4-12/h8-9H,3-7,13H2,1-2H3,(H,14,17)(H,15,16)/t9-/m1/s1. The molecule has 0 aliphatic carbocycles. The fourth-order valence-corrected chi connectivity index (χ4v) is 1.96. The molecule has 104 valence electrons. The first kappa shape index (κ1) is 14.9. The van der Waals surface area contributed by atoms with Gasteiger partial charge in [-0.05, 0) is 25.2 Å². The van der Waals surface area contributed by atoms with Gasteiger partial charge in [0, 0.05) is 13.2 Å². The minimum Gasteiger partial charge on any atom is -0.480 e. The number of hydrogen-bond donors (Lipinski definition) is 3. The van der Waals surface area contributed by atoms with E-state index in [1.54, 1.807) is 0 Å². The number of carboxylic acids is 1. The van der Waals surface area contributed by atoms with E-state index in [-0.39, 0.29) is 11.8 Å². The Bertz CT molecular complexity index is 311. The number of nitrogens with one attached hydrogen (secondary N) is 1. The molecule has 0 saturated carbocycles. The van der Waals surface area contributed by atoms with E-state index in [0.29, 0.717) is 32.5 Å². The predicted molar refractivity (Wildman–Crippen MR) is 66.0 cm³/mol. The topological polar surface area (TPSA) is 102 Å². The Morgan fingerprint density at radius 2 is 1.94 bits per heavy atom. The molecule has 18 heavy (non-hydrogen) atoms. The van der Waals surface area contributed by atoms with Crippen molar-refractivity contribution in [1.82, 2.24) is 5.32 Å². The van der Waals surface area contributed by atoms with Gasteiger partial charge in [-0.2, -0.15) is 0 Å². The van der Waals surface area contributed by atoms with Crippen molar-refractivity contribution in [2.45, 2.75) is 44.7 Å². The number of nitrogens with two attached hydrogens (primary N) is 1. The molecule has 1 aliphatic heterocycles. The van der Waals surface area contributed by atoms with Crippen molar-refractivity contribution < 1.29 is 19.4 Å². The summed E-state index contributed by atoms with van der Waals surface area (Å²) in [6.07, 6.45) is 1.24. The van der Waals surface area contributed by atoms with Crippen LogP contribution < -0.4 is 11.1 Å². The molecule has 1 rings (SSSR count). The summed E-state index contributed by atoms with van der Waals surface area (Å²) in [5, 5.41) is 11.6.